The van der Waals surface area contributed by atoms with Gasteiger partial charge < -0.3 is 10.3 Å². The van der Waals surface area contributed by atoms with Crippen LogP contribution in [0.1, 0.15) is 6.92 Å². The fourth-order valence-electron chi connectivity index (χ4n) is 0.788. The van der Waals surface area contributed by atoms with Gasteiger partial charge >= 0.3 is 0 Å². The van der Waals surface area contributed by atoms with E-state index in [4.69, 9.17) is 5.73 Å². The van der Waals surface area contributed by atoms with Gasteiger partial charge in [0.2, 0.25) is 0 Å². The zero-order chi connectivity index (χ0) is 8.59. The first kappa shape index (κ1) is 8.60. The second kappa shape index (κ2) is 2.86. The summed E-state index contributed by atoms with van der Waals surface area (Å²) in [5.74, 6) is -0.512. The lowest BCUT2D eigenvalue weighted by Gasteiger charge is -2.41. The molecule has 3 atom stereocenters. The van der Waals surface area contributed by atoms with Crippen molar-refractivity contribution in [1.29, 1.82) is 0 Å². The highest BCUT2D eigenvalue weighted by Gasteiger charge is 2.43. The number of hydroxylamine groups is 2. The molecule has 0 aliphatic carbocycles. The standard InChI is InChI=1S/C4H8N2O4S/c1-2-3(5)4(7)6(2)10-11(8)9/h2-3H,5H2,1H3,(H,8,9)/p-1/t2-,3?/m0/s1. The van der Waals surface area contributed by atoms with Crippen LogP contribution >= 0.6 is 0 Å². The number of β-lactam (4-membered cyclic amide) rings is 1. The maximum atomic E-state index is 10.7. The molecule has 0 aromatic rings. The van der Waals surface area contributed by atoms with E-state index in [1.165, 1.54) is 0 Å². The molecule has 64 valence electrons. The molecule has 11 heavy (non-hydrogen) atoms. The molecule has 0 aromatic carbocycles. The molecule has 2 unspecified atom stereocenters. The minimum absolute atomic E-state index is 0.375. The van der Waals surface area contributed by atoms with Crippen LogP contribution in [0, 0.1) is 0 Å². The predicted molar refractivity (Wildman–Crippen MR) is 34.3 cm³/mol. The SMILES string of the molecule is C[C@H]1C(N)C(=O)N1OS(=O)[O-]. The van der Waals surface area contributed by atoms with E-state index >= 15 is 0 Å². The first-order valence-corrected chi connectivity index (χ1v) is 3.90. The summed E-state index contributed by atoms with van der Waals surface area (Å²) < 4.78 is 24.0. The molecule has 1 aliphatic heterocycles. The minimum atomic E-state index is -2.70. The lowest BCUT2D eigenvalue weighted by atomic mass is 10.0. The first-order chi connectivity index (χ1) is 5.04. The fourth-order valence-corrected chi connectivity index (χ4v) is 1.13. The molecule has 1 fully saturated rings. The van der Waals surface area contributed by atoms with Gasteiger partial charge in [0, 0.05) is 0 Å². The molecule has 0 radical (unpaired) electrons. The van der Waals surface area contributed by atoms with E-state index in [0.717, 1.165) is 5.06 Å². The maximum absolute atomic E-state index is 10.7. The number of nitrogens with zero attached hydrogens (tertiary/aromatic N) is 1. The summed E-state index contributed by atoms with van der Waals surface area (Å²) in [7, 11) is 0. The molecule has 6 nitrogen and oxygen atoms in total. The topological polar surface area (TPSA) is 95.7 Å². The molecule has 1 rings (SSSR count). The Hall–Kier alpha value is -0.500. The maximum Gasteiger partial charge on any atom is 0.266 e. The summed E-state index contributed by atoms with van der Waals surface area (Å²) in [6.45, 7) is 1.60. The van der Waals surface area contributed by atoms with E-state index in [-0.39, 0.29) is 6.04 Å². The summed E-state index contributed by atoms with van der Waals surface area (Å²) >= 11 is -2.70. The summed E-state index contributed by atoms with van der Waals surface area (Å²) in [6, 6.07) is -1.01. The summed E-state index contributed by atoms with van der Waals surface area (Å²) in [5.41, 5.74) is 5.26. The highest BCUT2D eigenvalue weighted by Crippen LogP contribution is 2.17. The number of carbonyl (C=O) groups is 1. The smallest absolute Gasteiger partial charge is 0.266 e. The van der Waals surface area contributed by atoms with Crippen molar-refractivity contribution in [2.75, 3.05) is 0 Å². The van der Waals surface area contributed by atoms with Gasteiger partial charge in [-0.05, 0) is 6.92 Å². The molecule has 0 spiro atoms. The van der Waals surface area contributed by atoms with Gasteiger partial charge in [-0.2, -0.15) is 4.28 Å². The molecule has 1 amide bonds. The van der Waals surface area contributed by atoms with Crippen LogP contribution in [0.3, 0.4) is 0 Å². The Bertz CT molecular complexity index is 208. The number of rotatable bonds is 2. The van der Waals surface area contributed by atoms with Crippen molar-refractivity contribution in [2.45, 2.75) is 19.0 Å². The quantitative estimate of drug-likeness (QED) is 0.401. The largest absolute Gasteiger partial charge is 0.748 e. The van der Waals surface area contributed by atoms with Gasteiger partial charge in [-0.1, -0.05) is 0 Å². The third-order valence-corrected chi connectivity index (χ3v) is 1.82. The molecule has 1 heterocycles. The van der Waals surface area contributed by atoms with E-state index < -0.39 is 23.3 Å². The molecule has 2 N–H and O–H groups in total. The predicted octanol–water partition coefficient (Wildman–Crippen LogP) is -1.73. The van der Waals surface area contributed by atoms with Gasteiger partial charge in [0.1, 0.15) is 17.4 Å². The molecule has 7 heteroatoms. The van der Waals surface area contributed by atoms with Crippen molar-refractivity contribution in [1.82, 2.24) is 5.06 Å². The lowest BCUT2D eigenvalue weighted by molar-refractivity contribution is -0.191. The van der Waals surface area contributed by atoms with Crippen LogP contribution in [0.25, 0.3) is 0 Å². The highest BCUT2D eigenvalue weighted by molar-refractivity contribution is 7.74. The van der Waals surface area contributed by atoms with Crippen LogP contribution in [-0.2, 0) is 20.4 Å². The van der Waals surface area contributed by atoms with E-state index in [2.05, 4.69) is 4.28 Å². The van der Waals surface area contributed by atoms with Crippen LogP contribution in [0.2, 0.25) is 0 Å². The Balaban J connectivity index is 2.49. The fraction of sp³-hybridized carbons (Fsp3) is 0.750. The first-order valence-electron chi connectivity index (χ1n) is 2.90. The second-order valence-electron chi connectivity index (χ2n) is 2.21. The second-order valence-corrected chi connectivity index (χ2v) is 2.77. The summed E-state index contributed by atoms with van der Waals surface area (Å²) in [5, 5.41) is 0.730. The van der Waals surface area contributed by atoms with Crippen LogP contribution in [-0.4, -0.2) is 31.8 Å². The van der Waals surface area contributed by atoms with E-state index in [0.29, 0.717) is 0 Å². The van der Waals surface area contributed by atoms with Gasteiger partial charge in [0.15, 0.2) is 0 Å². The third-order valence-electron chi connectivity index (χ3n) is 1.53. The molecule has 0 bridgehead atoms. The molecular formula is C4H7N2O4S-. The number of nitrogens with two attached hydrogens (primary N) is 1. The van der Waals surface area contributed by atoms with E-state index in [1.54, 1.807) is 6.92 Å². The molecule has 0 aromatic heterocycles. The minimum Gasteiger partial charge on any atom is -0.748 e. The van der Waals surface area contributed by atoms with E-state index in [1.807, 2.05) is 0 Å². The van der Waals surface area contributed by atoms with Crippen molar-refractivity contribution < 1.29 is 17.8 Å². The van der Waals surface area contributed by atoms with Crippen LogP contribution < -0.4 is 5.73 Å². The van der Waals surface area contributed by atoms with Gasteiger partial charge in [0.05, 0.1) is 6.04 Å². The summed E-state index contributed by atoms with van der Waals surface area (Å²) in [6.07, 6.45) is 0. The van der Waals surface area contributed by atoms with E-state index in [9.17, 15) is 13.6 Å². The number of hydrogen-bond acceptors (Lipinski definition) is 5. The van der Waals surface area contributed by atoms with Gasteiger partial charge in [0.25, 0.3) is 5.91 Å². The molecular weight excluding hydrogens is 172 g/mol. The van der Waals surface area contributed by atoms with Crippen LogP contribution in [0.15, 0.2) is 0 Å². The molecule has 0 saturated carbocycles. The number of amides is 1. The van der Waals surface area contributed by atoms with Crippen molar-refractivity contribution in [3.05, 3.63) is 0 Å². The van der Waals surface area contributed by atoms with Crippen molar-refractivity contribution in [3.8, 4) is 0 Å². The number of carbonyl (C=O) groups excluding carboxylic acids is 1. The van der Waals surface area contributed by atoms with Crippen molar-refractivity contribution in [2.24, 2.45) is 5.73 Å². The average Bonchev–Trinajstić information content (AvgIpc) is 1.98. The third kappa shape index (κ3) is 1.41. The Kier molecular flexibility index (Phi) is 2.23. The Morgan fingerprint density at radius 1 is 1.82 bits per heavy atom. The Labute approximate surface area is 65.7 Å². The van der Waals surface area contributed by atoms with Gasteiger partial charge in [-0.15, -0.1) is 0 Å². The van der Waals surface area contributed by atoms with Gasteiger partial charge in [-0.25, -0.2) is 9.27 Å². The zero-order valence-corrected chi connectivity index (χ0v) is 6.54. The molecule has 1 saturated heterocycles. The average molecular weight is 179 g/mol. The zero-order valence-electron chi connectivity index (χ0n) is 5.72. The number of hydrogen-bond donors (Lipinski definition) is 1. The summed E-state index contributed by atoms with van der Waals surface area (Å²) in [4.78, 5) is 10.7. The van der Waals surface area contributed by atoms with Gasteiger partial charge in [-0.3, -0.25) is 4.79 Å². The lowest BCUT2D eigenvalue weighted by Crippen LogP contribution is -2.67. The monoisotopic (exact) mass is 179 g/mol. The Morgan fingerprint density at radius 3 is 2.73 bits per heavy atom. The Morgan fingerprint density at radius 2 is 2.36 bits per heavy atom. The van der Waals surface area contributed by atoms with Crippen molar-refractivity contribution in [3.63, 3.8) is 0 Å². The van der Waals surface area contributed by atoms with Crippen molar-refractivity contribution >= 4 is 17.3 Å². The molecule has 1 aliphatic rings. The highest BCUT2D eigenvalue weighted by atomic mass is 32.2. The van der Waals surface area contributed by atoms with Crippen LogP contribution in [0.4, 0.5) is 0 Å². The normalized spacial score (nSPS) is 33.4. The van der Waals surface area contributed by atoms with Crippen LogP contribution in [0.5, 0.6) is 0 Å².